The Labute approximate surface area is 146 Å². The second-order valence-corrected chi connectivity index (χ2v) is 3.37. The summed E-state index contributed by atoms with van der Waals surface area (Å²) in [7, 11) is 0. The maximum atomic E-state index is 13.1. The number of hydrogen-bond acceptors (Lipinski definition) is 1. The van der Waals surface area contributed by atoms with Crippen molar-refractivity contribution in [3.8, 4) is 0 Å². The van der Waals surface area contributed by atoms with Gasteiger partial charge in [0, 0.05) is 11.7 Å². The van der Waals surface area contributed by atoms with Crippen molar-refractivity contribution in [2.45, 2.75) is 18.5 Å². The van der Waals surface area contributed by atoms with E-state index in [1.807, 2.05) is 0 Å². The van der Waals surface area contributed by atoms with Gasteiger partial charge in [-0.05, 0) is 0 Å². The molecule has 0 radical (unpaired) electrons. The molecule has 1 nitrogen and oxygen atoms in total. The van der Waals surface area contributed by atoms with Crippen LogP contribution in [0, 0.1) is 6.17 Å². The van der Waals surface area contributed by atoms with Crippen molar-refractivity contribution in [1.82, 2.24) is 0 Å². The van der Waals surface area contributed by atoms with Gasteiger partial charge in [0.25, 0.3) is 0 Å². The van der Waals surface area contributed by atoms with Crippen LogP contribution >= 0.6 is 0 Å². The van der Waals surface area contributed by atoms with Gasteiger partial charge in [-0.1, -0.05) is 0 Å². The predicted octanol–water partition coefficient (Wildman–Crippen LogP) is 0.482. The van der Waals surface area contributed by atoms with Gasteiger partial charge in [0.2, 0.25) is 0 Å². The van der Waals surface area contributed by atoms with E-state index in [9.17, 15) is 30.7 Å². The maximum Gasteiger partial charge on any atom is 1.00 e. The van der Waals surface area contributed by atoms with Crippen LogP contribution in [0.1, 0.15) is 11.1 Å². The van der Waals surface area contributed by atoms with Crippen LogP contribution in [0.2, 0.25) is 0 Å². The van der Waals surface area contributed by atoms with Gasteiger partial charge in [-0.3, -0.25) is 4.39 Å². The minimum atomic E-state index is -5.22. The molecule has 0 amide bonds. The minimum absolute atomic E-state index is 0. The fraction of sp³-hybridized carbons (Fsp3) is 0.300. The topological polar surface area (TPSA) is 20.2 Å². The van der Waals surface area contributed by atoms with Gasteiger partial charge in [0.15, 0.2) is 6.10 Å². The molecule has 0 aromatic heterocycles. The molecule has 19 heavy (non-hydrogen) atoms. The fourth-order valence-electron chi connectivity index (χ4n) is 1.12. The number of aliphatic hydroxyl groups excluding tert-OH is 1. The Kier molecular flexibility index (Phi) is 6.84. The largest absolute Gasteiger partial charge is 1.00 e. The van der Waals surface area contributed by atoms with Gasteiger partial charge in [-0.2, -0.15) is 44.0 Å². The van der Waals surface area contributed by atoms with Gasteiger partial charge in [0.05, 0.1) is 0 Å². The van der Waals surface area contributed by atoms with E-state index < -0.39 is 35.8 Å². The third-order valence-corrected chi connectivity index (χ3v) is 2.04. The van der Waals surface area contributed by atoms with E-state index >= 15 is 0 Å². The maximum absolute atomic E-state index is 13.1. The molecule has 1 aromatic rings. The Morgan fingerprint density at radius 2 is 1.37 bits per heavy atom. The van der Waals surface area contributed by atoms with Crippen molar-refractivity contribution < 1.29 is 87.2 Å². The normalized spacial score (nSPS) is 13.7. The van der Waals surface area contributed by atoms with Crippen molar-refractivity contribution in [3.63, 3.8) is 0 Å². The number of benzene rings is 1. The number of alkyl halides is 6. The summed E-state index contributed by atoms with van der Waals surface area (Å²) in [4.78, 5) is 0. The summed E-state index contributed by atoms with van der Waals surface area (Å²) in [5, 5.41) is 8.58. The molecule has 0 saturated carbocycles. The van der Waals surface area contributed by atoms with Gasteiger partial charge >= 0.3 is 63.7 Å². The Morgan fingerprint density at radius 1 is 0.947 bits per heavy atom. The van der Waals surface area contributed by atoms with Crippen LogP contribution in [0.5, 0.6) is 0 Å². The SMILES string of the molecule is OC([C-](F)c1ccc(C(F)(F)F)cc1)C(F)(F)F.[K+]. The second-order valence-electron chi connectivity index (χ2n) is 3.37. The van der Waals surface area contributed by atoms with Crippen LogP contribution in [-0.2, 0) is 6.18 Å². The van der Waals surface area contributed by atoms with Crippen LogP contribution in [0.3, 0.4) is 0 Å². The van der Waals surface area contributed by atoms with Crippen LogP contribution < -0.4 is 51.4 Å². The van der Waals surface area contributed by atoms with Crippen molar-refractivity contribution in [3.05, 3.63) is 41.6 Å². The first-order valence-electron chi connectivity index (χ1n) is 4.48. The van der Waals surface area contributed by atoms with Gasteiger partial charge in [-0.25, -0.2) is 0 Å². The van der Waals surface area contributed by atoms with Crippen molar-refractivity contribution >= 4 is 0 Å². The van der Waals surface area contributed by atoms with Gasteiger partial charge < -0.3 is 5.11 Å². The summed E-state index contributed by atoms with van der Waals surface area (Å²) in [5.74, 6) is 0. The average Bonchev–Trinajstić information content (AvgIpc) is 2.25. The number of rotatable bonds is 2. The van der Waals surface area contributed by atoms with E-state index in [4.69, 9.17) is 5.11 Å². The van der Waals surface area contributed by atoms with Crippen molar-refractivity contribution in [2.24, 2.45) is 0 Å². The minimum Gasteiger partial charge on any atom is -0.389 e. The average molecular weight is 314 g/mol. The Bertz CT molecular complexity index is 398. The Morgan fingerprint density at radius 3 is 1.68 bits per heavy atom. The van der Waals surface area contributed by atoms with E-state index in [-0.39, 0.29) is 51.4 Å². The number of hydrogen-bond donors (Lipinski definition) is 1. The van der Waals surface area contributed by atoms with E-state index in [2.05, 4.69) is 0 Å². The number of halogens is 7. The molecule has 1 atom stereocenters. The second kappa shape index (κ2) is 6.77. The molecule has 1 rings (SSSR count). The molecule has 0 aliphatic heterocycles. The zero-order valence-electron chi connectivity index (χ0n) is 9.48. The summed E-state index contributed by atoms with van der Waals surface area (Å²) < 4.78 is 85.4. The third-order valence-electron chi connectivity index (χ3n) is 2.04. The molecular weight excluding hydrogens is 308 g/mol. The molecule has 9 heteroatoms. The van der Waals surface area contributed by atoms with Crippen LogP contribution in [0.4, 0.5) is 30.7 Å². The quantitative estimate of drug-likeness (QED) is 0.478. The van der Waals surface area contributed by atoms with E-state index in [1.165, 1.54) is 0 Å². The Hall–Kier alpha value is 0.196. The van der Waals surface area contributed by atoms with E-state index in [0.717, 1.165) is 0 Å². The Balaban J connectivity index is 0.00000324. The summed E-state index contributed by atoms with van der Waals surface area (Å²) in [6, 6.07) is 1.90. The molecule has 0 fully saturated rings. The van der Waals surface area contributed by atoms with Crippen LogP contribution in [0.25, 0.3) is 0 Å². The van der Waals surface area contributed by atoms with Gasteiger partial charge in [0.1, 0.15) is 0 Å². The zero-order valence-corrected chi connectivity index (χ0v) is 12.6. The zero-order chi connectivity index (χ0) is 14.1. The monoisotopic (exact) mass is 314 g/mol. The molecule has 102 valence electrons. The van der Waals surface area contributed by atoms with Crippen molar-refractivity contribution in [2.75, 3.05) is 0 Å². The smallest absolute Gasteiger partial charge is 0.389 e. The first-order valence-corrected chi connectivity index (χ1v) is 4.48. The molecule has 0 heterocycles. The molecular formula is C10H6F7KO. The first kappa shape index (κ1) is 19.2. The molecule has 1 aromatic carbocycles. The van der Waals surface area contributed by atoms with Crippen molar-refractivity contribution in [1.29, 1.82) is 0 Å². The summed E-state index contributed by atoms with van der Waals surface area (Å²) in [6.07, 6.45) is -15.2. The predicted molar refractivity (Wildman–Crippen MR) is 47.0 cm³/mol. The van der Waals surface area contributed by atoms with Crippen LogP contribution in [-0.4, -0.2) is 17.4 Å². The summed E-state index contributed by atoms with van der Waals surface area (Å²) >= 11 is 0. The molecule has 0 aliphatic carbocycles. The van der Waals surface area contributed by atoms with E-state index in [0.29, 0.717) is 24.3 Å². The molecule has 0 aliphatic rings. The van der Waals surface area contributed by atoms with Crippen LogP contribution in [0.15, 0.2) is 24.3 Å². The molecule has 0 spiro atoms. The molecule has 0 saturated heterocycles. The molecule has 1 N–H and O–H groups in total. The third kappa shape index (κ3) is 5.23. The first-order chi connectivity index (χ1) is 8.03. The van der Waals surface area contributed by atoms with Gasteiger partial charge in [-0.15, -0.1) is 12.1 Å². The molecule has 0 bridgehead atoms. The summed E-state index contributed by atoms with van der Waals surface area (Å²) in [6.45, 7) is 0. The standard InChI is InChI=1S/C10H6F7O.K/c11-7(8(18)10(15,16)17)5-1-3-6(4-2-5)9(12,13)14;/h1-4,8,18H;/q-1;+1. The van der Waals surface area contributed by atoms with E-state index in [1.54, 1.807) is 0 Å². The summed E-state index contributed by atoms with van der Waals surface area (Å²) in [5.41, 5.74) is -1.88. The number of aliphatic hydroxyl groups is 1. The molecule has 1 unspecified atom stereocenters. The fourth-order valence-corrected chi connectivity index (χ4v) is 1.12.